The monoisotopic (exact) mass is 231 g/mol. The SMILES string of the molecule is COC(C)CCC(=O)N(C)CCCC(=O)O. The normalized spacial score (nSPS) is 12.2. The molecule has 0 saturated carbocycles. The molecule has 0 spiro atoms. The van der Waals surface area contributed by atoms with Crippen LogP contribution in [0.15, 0.2) is 0 Å². The molecule has 16 heavy (non-hydrogen) atoms. The zero-order valence-corrected chi connectivity index (χ0v) is 10.2. The van der Waals surface area contributed by atoms with Crippen LogP contribution in [0.25, 0.3) is 0 Å². The van der Waals surface area contributed by atoms with Gasteiger partial charge in [0.1, 0.15) is 0 Å². The zero-order valence-electron chi connectivity index (χ0n) is 10.2. The van der Waals surface area contributed by atoms with Crippen molar-refractivity contribution in [2.75, 3.05) is 20.7 Å². The van der Waals surface area contributed by atoms with Crippen molar-refractivity contribution in [2.45, 2.75) is 38.7 Å². The fourth-order valence-corrected chi connectivity index (χ4v) is 1.23. The van der Waals surface area contributed by atoms with Crippen LogP contribution in [0, 0.1) is 0 Å². The van der Waals surface area contributed by atoms with E-state index in [2.05, 4.69) is 0 Å². The molecule has 0 radical (unpaired) electrons. The van der Waals surface area contributed by atoms with E-state index in [-0.39, 0.29) is 18.4 Å². The highest BCUT2D eigenvalue weighted by Crippen LogP contribution is 2.03. The summed E-state index contributed by atoms with van der Waals surface area (Å²) in [5.74, 6) is -0.789. The molecule has 5 nitrogen and oxygen atoms in total. The van der Waals surface area contributed by atoms with Crippen molar-refractivity contribution in [2.24, 2.45) is 0 Å². The van der Waals surface area contributed by atoms with Gasteiger partial charge in [-0.2, -0.15) is 0 Å². The number of carbonyl (C=O) groups excluding carboxylic acids is 1. The predicted molar refractivity (Wildman–Crippen MR) is 60.2 cm³/mol. The first-order valence-corrected chi connectivity index (χ1v) is 5.46. The summed E-state index contributed by atoms with van der Waals surface area (Å²) >= 11 is 0. The molecule has 1 N–H and O–H groups in total. The predicted octanol–water partition coefficient (Wildman–Crippen LogP) is 1.12. The molecule has 0 bridgehead atoms. The molecule has 1 unspecified atom stereocenters. The molecular formula is C11H21NO4. The van der Waals surface area contributed by atoms with E-state index in [4.69, 9.17) is 9.84 Å². The number of methoxy groups -OCH3 is 1. The average Bonchev–Trinajstić information content (AvgIpc) is 2.24. The van der Waals surface area contributed by atoms with Gasteiger partial charge in [0.25, 0.3) is 0 Å². The van der Waals surface area contributed by atoms with Crippen LogP contribution >= 0.6 is 0 Å². The molecule has 0 aliphatic carbocycles. The first-order valence-electron chi connectivity index (χ1n) is 5.46. The highest BCUT2D eigenvalue weighted by molar-refractivity contribution is 5.75. The number of aliphatic carboxylic acids is 1. The van der Waals surface area contributed by atoms with Crippen LogP contribution in [0.5, 0.6) is 0 Å². The van der Waals surface area contributed by atoms with Crippen LogP contribution in [0.1, 0.15) is 32.6 Å². The number of nitrogens with zero attached hydrogens (tertiary/aromatic N) is 1. The molecule has 0 aromatic rings. The van der Waals surface area contributed by atoms with Crippen LogP contribution in [0.3, 0.4) is 0 Å². The average molecular weight is 231 g/mol. The molecule has 94 valence electrons. The number of amides is 1. The lowest BCUT2D eigenvalue weighted by molar-refractivity contribution is -0.138. The fraction of sp³-hybridized carbons (Fsp3) is 0.818. The number of rotatable bonds is 8. The summed E-state index contributed by atoms with van der Waals surface area (Å²) < 4.78 is 5.04. The summed E-state index contributed by atoms with van der Waals surface area (Å²) in [6, 6.07) is 0. The molecule has 1 atom stereocenters. The molecule has 5 heteroatoms. The van der Waals surface area contributed by atoms with Crippen molar-refractivity contribution < 1.29 is 19.4 Å². The third-order valence-electron chi connectivity index (χ3n) is 2.48. The standard InChI is InChI=1S/C11H21NO4/c1-9(16-3)6-7-10(13)12(2)8-4-5-11(14)15/h9H,4-8H2,1-3H3,(H,14,15). The van der Waals surface area contributed by atoms with Crippen molar-refractivity contribution in [3.63, 3.8) is 0 Å². The third-order valence-corrected chi connectivity index (χ3v) is 2.48. The van der Waals surface area contributed by atoms with Crippen molar-refractivity contribution in [1.29, 1.82) is 0 Å². The van der Waals surface area contributed by atoms with Gasteiger partial charge in [-0.3, -0.25) is 9.59 Å². The quantitative estimate of drug-likeness (QED) is 0.680. The number of hydrogen-bond acceptors (Lipinski definition) is 3. The molecule has 0 heterocycles. The van der Waals surface area contributed by atoms with Crippen molar-refractivity contribution >= 4 is 11.9 Å². The molecule has 1 amide bonds. The molecule has 0 saturated heterocycles. The maximum absolute atomic E-state index is 11.6. The summed E-state index contributed by atoms with van der Waals surface area (Å²) in [6.07, 6.45) is 1.82. The van der Waals surface area contributed by atoms with Gasteiger partial charge in [0.15, 0.2) is 0 Å². The minimum atomic E-state index is -0.825. The van der Waals surface area contributed by atoms with Crippen molar-refractivity contribution in [3.05, 3.63) is 0 Å². The number of carboxylic acid groups (broad SMARTS) is 1. The minimum absolute atomic E-state index is 0.0364. The van der Waals surface area contributed by atoms with Crippen LogP contribution in [0.4, 0.5) is 0 Å². The maximum atomic E-state index is 11.6. The Morgan fingerprint density at radius 1 is 1.38 bits per heavy atom. The summed E-state index contributed by atoms with van der Waals surface area (Å²) in [5.41, 5.74) is 0. The lowest BCUT2D eigenvalue weighted by atomic mass is 10.2. The van der Waals surface area contributed by atoms with E-state index in [1.807, 2.05) is 6.92 Å². The van der Waals surface area contributed by atoms with Gasteiger partial charge in [-0.05, 0) is 19.8 Å². The minimum Gasteiger partial charge on any atom is -0.481 e. The van der Waals surface area contributed by atoms with Crippen molar-refractivity contribution in [1.82, 2.24) is 4.90 Å². The van der Waals surface area contributed by atoms with Gasteiger partial charge >= 0.3 is 5.97 Å². The number of carboxylic acids is 1. The summed E-state index contributed by atoms with van der Waals surface area (Å²) in [6.45, 7) is 2.41. The smallest absolute Gasteiger partial charge is 0.303 e. The van der Waals surface area contributed by atoms with E-state index in [0.29, 0.717) is 25.8 Å². The molecule has 0 aliphatic rings. The Kier molecular flexibility index (Phi) is 7.54. The first kappa shape index (κ1) is 14.9. The Hall–Kier alpha value is -1.10. The van der Waals surface area contributed by atoms with E-state index in [0.717, 1.165) is 0 Å². The Bertz CT molecular complexity index is 230. The van der Waals surface area contributed by atoms with E-state index in [9.17, 15) is 9.59 Å². The molecule has 0 aromatic heterocycles. The molecule has 0 aliphatic heterocycles. The van der Waals surface area contributed by atoms with Crippen molar-refractivity contribution in [3.8, 4) is 0 Å². The largest absolute Gasteiger partial charge is 0.481 e. The van der Waals surface area contributed by atoms with Gasteiger partial charge in [0.2, 0.25) is 5.91 Å². The Balaban J connectivity index is 3.69. The maximum Gasteiger partial charge on any atom is 0.303 e. The van der Waals surface area contributed by atoms with Gasteiger partial charge in [0.05, 0.1) is 6.10 Å². The second kappa shape index (κ2) is 8.10. The molecular weight excluding hydrogens is 210 g/mol. The fourth-order valence-electron chi connectivity index (χ4n) is 1.23. The second-order valence-corrected chi connectivity index (χ2v) is 3.90. The van der Waals surface area contributed by atoms with E-state index >= 15 is 0 Å². The van der Waals surface area contributed by atoms with E-state index < -0.39 is 5.97 Å². The second-order valence-electron chi connectivity index (χ2n) is 3.90. The Morgan fingerprint density at radius 3 is 2.50 bits per heavy atom. The Labute approximate surface area is 96.4 Å². The highest BCUT2D eigenvalue weighted by atomic mass is 16.5. The molecule has 0 aromatic carbocycles. The topological polar surface area (TPSA) is 66.8 Å². The van der Waals surface area contributed by atoms with Crippen LogP contribution in [-0.2, 0) is 14.3 Å². The highest BCUT2D eigenvalue weighted by Gasteiger charge is 2.10. The van der Waals surface area contributed by atoms with E-state index in [1.54, 1.807) is 19.1 Å². The van der Waals surface area contributed by atoms with Gasteiger partial charge < -0.3 is 14.7 Å². The number of carbonyl (C=O) groups is 2. The van der Waals surface area contributed by atoms with Gasteiger partial charge in [-0.1, -0.05) is 0 Å². The summed E-state index contributed by atoms with van der Waals surface area (Å²) in [4.78, 5) is 23.4. The molecule has 0 rings (SSSR count). The Morgan fingerprint density at radius 2 is 2.00 bits per heavy atom. The van der Waals surface area contributed by atoms with Gasteiger partial charge in [-0.15, -0.1) is 0 Å². The summed E-state index contributed by atoms with van der Waals surface area (Å²) in [5, 5.41) is 8.45. The van der Waals surface area contributed by atoms with Gasteiger partial charge in [-0.25, -0.2) is 0 Å². The number of ether oxygens (including phenoxy) is 1. The third kappa shape index (κ3) is 7.23. The lowest BCUT2D eigenvalue weighted by Crippen LogP contribution is -2.28. The number of hydrogen-bond donors (Lipinski definition) is 1. The van der Waals surface area contributed by atoms with Crippen LogP contribution < -0.4 is 0 Å². The molecule has 0 fully saturated rings. The van der Waals surface area contributed by atoms with Crippen LogP contribution in [0.2, 0.25) is 0 Å². The van der Waals surface area contributed by atoms with Gasteiger partial charge in [0, 0.05) is 33.5 Å². The lowest BCUT2D eigenvalue weighted by Gasteiger charge is -2.17. The summed E-state index contributed by atoms with van der Waals surface area (Å²) in [7, 11) is 3.31. The van der Waals surface area contributed by atoms with Crippen LogP contribution in [-0.4, -0.2) is 48.7 Å². The zero-order chi connectivity index (χ0) is 12.6. The first-order chi connectivity index (χ1) is 7.47. The van der Waals surface area contributed by atoms with E-state index in [1.165, 1.54) is 0 Å².